The SMILES string of the molecule is CCCC[Si](C)(CCCC)C(C)(C)C(C)CC. The molecule has 0 bridgehead atoms. The van der Waals surface area contributed by atoms with Gasteiger partial charge in [0, 0.05) is 0 Å². The van der Waals surface area contributed by atoms with Gasteiger partial charge in [0.15, 0.2) is 0 Å². The summed E-state index contributed by atoms with van der Waals surface area (Å²) >= 11 is 0. The Kier molecular flexibility index (Phi) is 7.70. The fraction of sp³-hybridized carbons (Fsp3) is 1.00. The molecule has 1 unspecified atom stereocenters. The van der Waals surface area contributed by atoms with Gasteiger partial charge in [-0.25, -0.2) is 0 Å². The lowest BCUT2D eigenvalue weighted by Crippen LogP contribution is -2.45. The highest BCUT2D eigenvalue weighted by Gasteiger charge is 2.44. The van der Waals surface area contributed by atoms with Crippen LogP contribution in [0.25, 0.3) is 0 Å². The molecule has 17 heavy (non-hydrogen) atoms. The van der Waals surface area contributed by atoms with E-state index in [9.17, 15) is 0 Å². The first-order chi connectivity index (χ1) is 7.85. The number of unbranched alkanes of at least 4 members (excludes halogenated alkanes) is 2. The predicted molar refractivity (Wildman–Crippen MR) is 84.5 cm³/mol. The molecule has 0 fully saturated rings. The van der Waals surface area contributed by atoms with E-state index in [4.69, 9.17) is 0 Å². The average Bonchev–Trinajstić information content (AvgIpc) is 2.32. The Morgan fingerprint density at radius 3 is 1.65 bits per heavy atom. The molecule has 1 heteroatoms. The standard InChI is InChI=1S/C16H36Si/c1-8-11-13-17(7,14-12-9-2)16(5,6)15(4)10-3/h15H,8-14H2,1-7H3. The Labute approximate surface area is 112 Å². The summed E-state index contributed by atoms with van der Waals surface area (Å²) in [6.07, 6.45) is 6.98. The van der Waals surface area contributed by atoms with Gasteiger partial charge in [-0.2, -0.15) is 0 Å². The molecule has 0 aliphatic heterocycles. The van der Waals surface area contributed by atoms with E-state index in [1.165, 1.54) is 32.1 Å². The molecule has 1 atom stereocenters. The van der Waals surface area contributed by atoms with Crippen LogP contribution in [-0.2, 0) is 0 Å². The van der Waals surface area contributed by atoms with Crippen molar-refractivity contribution in [1.82, 2.24) is 0 Å². The van der Waals surface area contributed by atoms with Crippen LogP contribution in [0.15, 0.2) is 0 Å². The largest absolute Gasteiger partial charge is 0.0688 e. The number of rotatable bonds is 9. The summed E-state index contributed by atoms with van der Waals surface area (Å²) in [5.41, 5.74) is 0. The maximum Gasteiger partial charge on any atom is 0.0564 e. The molecule has 0 radical (unpaired) electrons. The van der Waals surface area contributed by atoms with Gasteiger partial charge in [-0.1, -0.05) is 92.3 Å². The van der Waals surface area contributed by atoms with Gasteiger partial charge in [0.25, 0.3) is 0 Å². The van der Waals surface area contributed by atoms with E-state index in [-0.39, 0.29) is 0 Å². The van der Waals surface area contributed by atoms with Gasteiger partial charge in [0.1, 0.15) is 0 Å². The fourth-order valence-electron chi connectivity index (χ4n) is 3.01. The third-order valence-electron chi connectivity index (χ3n) is 5.56. The lowest BCUT2D eigenvalue weighted by Gasteiger charge is -2.47. The van der Waals surface area contributed by atoms with E-state index in [0.717, 1.165) is 5.92 Å². The Morgan fingerprint density at radius 1 is 0.941 bits per heavy atom. The van der Waals surface area contributed by atoms with Crippen LogP contribution in [-0.4, -0.2) is 8.07 Å². The molecule has 0 N–H and O–H groups in total. The maximum atomic E-state index is 2.68. The van der Waals surface area contributed by atoms with Crippen molar-refractivity contribution in [2.24, 2.45) is 5.92 Å². The molecule has 0 aromatic rings. The smallest absolute Gasteiger partial charge is 0.0564 e. The van der Waals surface area contributed by atoms with Crippen molar-refractivity contribution in [3.8, 4) is 0 Å². The van der Waals surface area contributed by atoms with Crippen molar-refractivity contribution >= 4 is 8.07 Å². The normalized spacial score (nSPS) is 15.0. The second kappa shape index (κ2) is 7.61. The minimum atomic E-state index is -1.10. The quantitative estimate of drug-likeness (QED) is 0.413. The van der Waals surface area contributed by atoms with Gasteiger partial charge in [0.2, 0.25) is 0 Å². The van der Waals surface area contributed by atoms with Crippen LogP contribution < -0.4 is 0 Å². The Hall–Kier alpha value is 0.217. The van der Waals surface area contributed by atoms with Crippen molar-refractivity contribution in [3.05, 3.63) is 0 Å². The molecule has 0 saturated carbocycles. The maximum absolute atomic E-state index is 2.68. The first kappa shape index (κ1) is 17.2. The van der Waals surface area contributed by atoms with Crippen LogP contribution in [0.2, 0.25) is 23.7 Å². The van der Waals surface area contributed by atoms with Gasteiger partial charge in [0.05, 0.1) is 8.07 Å². The molecular weight excluding hydrogens is 220 g/mol. The summed E-state index contributed by atoms with van der Waals surface area (Å²) in [5.74, 6) is 0.882. The Balaban J connectivity index is 4.86. The van der Waals surface area contributed by atoms with E-state index in [0.29, 0.717) is 5.04 Å². The van der Waals surface area contributed by atoms with Gasteiger partial charge in [-0.15, -0.1) is 0 Å². The molecule has 0 aromatic carbocycles. The average molecular weight is 257 g/mol. The van der Waals surface area contributed by atoms with Crippen molar-refractivity contribution in [1.29, 1.82) is 0 Å². The van der Waals surface area contributed by atoms with Gasteiger partial charge in [-0.3, -0.25) is 0 Å². The zero-order valence-electron chi connectivity index (χ0n) is 13.5. The van der Waals surface area contributed by atoms with Gasteiger partial charge >= 0.3 is 0 Å². The van der Waals surface area contributed by atoms with Crippen molar-refractivity contribution in [2.75, 3.05) is 0 Å². The highest BCUT2D eigenvalue weighted by atomic mass is 28.3. The second-order valence-electron chi connectivity index (χ2n) is 6.80. The lowest BCUT2D eigenvalue weighted by molar-refractivity contribution is 0.404. The highest BCUT2D eigenvalue weighted by Crippen LogP contribution is 2.50. The summed E-state index contributed by atoms with van der Waals surface area (Å²) < 4.78 is 0. The third-order valence-corrected chi connectivity index (χ3v) is 12.1. The summed E-state index contributed by atoms with van der Waals surface area (Å²) in [6.45, 7) is 17.3. The lowest BCUT2D eigenvalue weighted by atomic mass is 9.94. The summed E-state index contributed by atoms with van der Waals surface area (Å²) in [6, 6.07) is 3.08. The van der Waals surface area contributed by atoms with E-state index in [1.54, 1.807) is 12.1 Å². The molecule has 0 aliphatic rings. The predicted octanol–water partition coefficient (Wildman–Crippen LogP) is 6.49. The molecule has 0 spiro atoms. The zero-order valence-corrected chi connectivity index (χ0v) is 14.5. The molecule has 0 amide bonds. The summed E-state index contributed by atoms with van der Waals surface area (Å²) in [5, 5.41) is 0.603. The number of hydrogen-bond acceptors (Lipinski definition) is 0. The number of hydrogen-bond donors (Lipinski definition) is 0. The zero-order chi connectivity index (χ0) is 13.5. The first-order valence-electron chi connectivity index (χ1n) is 7.85. The first-order valence-corrected chi connectivity index (χ1v) is 10.8. The van der Waals surface area contributed by atoms with E-state index >= 15 is 0 Å². The molecule has 0 nitrogen and oxygen atoms in total. The Morgan fingerprint density at radius 2 is 1.35 bits per heavy atom. The van der Waals surface area contributed by atoms with E-state index in [1.807, 2.05) is 0 Å². The van der Waals surface area contributed by atoms with Crippen molar-refractivity contribution in [3.63, 3.8) is 0 Å². The molecule has 0 saturated heterocycles. The molecule has 0 aliphatic carbocycles. The molecule has 0 rings (SSSR count). The van der Waals surface area contributed by atoms with E-state index in [2.05, 4.69) is 48.1 Å². The van der Waals surface area contributed by atoms with Crippen LogP contribution in [0.1, 0.15) is 73.6 Å². The molecule has 0 aromatic heterocycles. The van der Waals surface area contributed by atoms with Gasteiger partial charge in [-0.05, 0) is 11.0 Å². The van der Waals surface area contributed by atoms with Crippen LogP contribution in [0.5, 0.6) is 0 Å². The van der Waals surface area contributed by atoms with Crippen LogP contribution in [0, 0.1) is 5.92 Å². The minimum Gasteiger partial charge on any atom is -0.0688 e. The van der Waals surface area contributed by atoms with Crippen molar-refractivity contribution in [2.45, 2.75) is 97.3 Å². The highest BCUT2D eigenvalue weighted by molar-refractivity contribution is 6.81. The fourth-order valence-corrected chi connectivity index (χ4v) is 8.21. The minimum absolute atomic E-state index is 0.603. The van der Waals surface area contributed by atoms with E-state index < -0.39 is 8.07 Å². The summed E-state index contributed by atoms with van der Waals surface area (Å²) in [7, 11) is -1.10. The monoisotopic (exact) mass is 256 g/mol. The molecule has 0 heterocycles. The van der Waals surface area contributed by atoms with Crippen molar-refractivity contribution < 1.29 is 0 Å². The molecular formula is C16H36Si. The summed E-state index contributed by atoms with van der Waals surface area (Å²) in [4.78, 5) is 0. The Bertz CT molecular complexity index is 188. The van der Waals surface area contributed by atoms with Gasteiger partial charge < -0.3 is 0 Å². The second-order valence-corrected chi connectivity index (χ2v) is 12.2. The molecule has 104 valence electrons. The van der Waals surface area contributed by atoms with Crippen LogP contribution in [0.4, 0.5) is 0 Å². The van der Waals surface area contributed by atoms with Crippen LogP contribution >= 0.6 is 0 Å². The van der Waals surface area contributed by atoms with Crippen LogP contribution in [0.3, 0.4) is 0 Å². The topological polar surface area (TPSA) is 0 Å². The third kappa shape index (κ3) is 4.42.